The van der Waals surface area contributed by atoms with E-state index < -0.39 is 9.84 Å². The molecule has 0 spiro atoms. The van der Waals surface area contributed by atoms with Crippen molar-refractivity contribution in [3.8, 4) is 5.69 Å². The zero-order valence-corrected chi connectivity index (χ0v) is 19.1. The highest BCUT2D eigenvalue weighted by molar-refractivity contribution is 7.90. The summed E-state index contributed by atoms with van der Waals surface area (Å²) in [6.45, 7) is 3.26. The highest BCUT2D eigenvalue weighted by Crippen LogP contribution is 2.17. The molecule has 0 atom stereocenters. The molecular weight excluding hydrogens is 452 g/mol. The quantitative estimate of drug-likeness (QED) is 0.557. The average molecular weight is 475 g/mol. The van der Waals surface area contributed by atoms with Crippen LogP contribution in [0.5, 0.6) is 0 Å². The van der Waals surface area contributed by atoms with Crippen LogP contribution in [0.2, 0.25) is 5.02 Å². The van der Waals surface area contributed by atoms with Gasteiger partial charge in [-0.2, -0.15) is 4.68 Å². The molecular formula is C21H23ClN6O3S. The Morgan fingerprint density at radius 3 is 2.56 bits per heavy atom. The molecule has 1 fully saturated rings. The minimum absolute atomic E-state index is 0.0230. The predicted octanol–water partition coefficient (Wildman–Crippen LogP) is 2.07. The summed E-state index contributed by atoms with van der Waals surface area (Å²) in [5.74, 6) is 0.622. The van der Waals surface area contributed by atoms with Crippen LogP contribution in [0.15, 0.2) is 53.4 Å². The van der Waals surface area contributed by atoms with Gasteiger partial charge in [0.15, 0.2) is 15.7 Å². The molecule has 1 aliphatic heterocycles. The largest absolute Gasteiger partial charge is 0.337 e. The van der Waals surface area contributed by atoms with Crippen LogP contribution in [0.4, 0.5) is 0 Å². The molecule has 0 radical (unpaired) electrons. The van der Waals surface area contributed by atoms with Gasteiger partial charge in [0, 0.05) is 43.0 Å². The molecule has 2 aromatic carbocycles. The van der Waals surface area contributed by atoms with Crippen LogP contribution in [-0.4, -0.2) is 76.8 Å². The Morgan fingerprint density at radius 2 is 1.84 bits per heavy atom. The molecule has 32 heavy (non-hydrogen) atoms. The van der Waals surface area contributed by atoms with Crippen molar-refractivity contribution in [2.45, 2.75) is 17.9 Å². The number of carbonyl (C=O) groups excluding carboxylic acids is 1. The summed E-state index contributed by atoms with van der Waals surface area (Å²) in [5.41, 5.74) is 1.28. The molecule has 0 aliphatic carbocycles. The number of benzene rings is 2. The van der Waals surface area contributed by atoms with Crippen LogP contribution in [0, 0.1) is 0 Å². The first-order valence-corrected chi connectivity index (χ1v) is 12.4. The van der Waals surface area contributed by atoms with Gasteiger partial charge in [0.2, 0.25) is 0 Å². The summed E-state index contributed by atoms with van der Waals surface area (Å²) < 4.78 is 25.0. The lowest BCUT2D eigenvalue weighted by molar-refractivity contribution is 0.0761. The van der Waals surface area contributed by atoms with Crippen molar-refractivity contribution in [1.82, 2.24) is 30.0 Å². The van der Waals surface area contributed by atoms with Gasteiger partial charge in [-0.05, 0) is 59.3 Å². The SMILES string of the molecule is CS(=O)(=O)c1ccc(-n2nnnc2CN2CCCN(C(=O)c3cccc(Cl)c3)CC2)cc1. The summed E-state index contributed by atoms with van der Waals surface area (Å²) >= 11 is 6.03. The van der Waals surface area contributed by atoms with Gasteiger partial charge in [-0.15, -0.1) is 5.10 Å². The van der Waals surface area contributed by atoms with Crippen molar-refractivity contribution in [3.63, 3.8) is 0 Å². The number of rotatable bonds is 5. The minimum atomic E-state index is -3.27. The van der Waals surface area contributed by atoms with Crippen LogP contribution >= 0.6 is 11.6 Å². The monoisotopic (exact) mass is 474 g/mol. The Kier molecular flexibility index (Phi) is 6.54. The first-order chi connectivity index (χ1) is 15.3. The normalized spacial score (nSPS) is 15.5. The third-order valence-corrected chi connectivity index (χ3v) is 6.72. The number of amides is 1. The van der Waals surface area contributed by atoms with E-state index >= 15 is 0 Å². The number of nitrogens with zero attached hydrogens (tertiary/aromatic N) is 6. The molecule has 1 aromatic heterocycles. The smallest absolute Gasteiger partial charge is 0.253 e. The lowest BCUT2D eigenvalue weighted by Gasteiger charge is -2.22. The van der Waals surface area contributed by atoms with E-state index in [-0.39, 0.29) is 10.8 Å². The second-order valence-electron chi connectivity index (χ2n) is 7.71. The van der Waals surface area contributed by atoms with Gasteiger partial charge >= 0.3 is 0 Å². The van der Waals surface area contributed by atoms with Gasteiger partial charge in [0.25, 0.3) is 5.91 Å². The fourth-order valence-electron chi connectivity index (χ4n) is 3.68. The molecule has 4 rings (SSSR count). The van der Waals surface area contributed by atoms with E-state index in [1.54, 1.807) is 53.2 Å². The molecule has 2 heterocycles. The van der Waals surface area contributed by atoms with Crippen LogP contribution in [0.3, 0.4) is 0 Å². The Hall–Kier alpha value is -2.82. The Bertz CT molecular complexity index is 1210. The first-order valence-electron chi connectivity index (χ1n) is 10.2. The molecule has 1 amide bonds. The van der Waals surface area contributed by atoms with Crippen molar-refractivity contribution in [2.75, 3.05) is 32.4 Å². The van der Waals surface area contributed by atoms with E-state index in [4.69, 9.17) is 11.6 Å². The Balaban J connectivity index is 1.43. The maximum atomic E-state index is 12.8. The summed E-state index contributed by atoms with van der Waals surface area (Å²) in [5, 5.41) is 12.5. The van der Waals surface area contributed by atoms with E-state index in [9.17, 15) is 13.2 Å². The lowest BCUT2D eigenvalue weighted by Crippen LogP contribution is -2.35. The zero-order chi connectivity index (χ0) is 22.7. The second-order valence-corrected chi connectivity index (χ2v) is 10.2. The topological polar surface area (TPSA) is 101 Å². The molecule has 11 heteroatoms. The minimum Gasteiger partial charge on any atom is -0.337 e. The predicted molar refractivity (Wildman–Crippen MR) is 120 cm³/mol. The van der Waals surface area contributed by atoms with Crippen LogP contribution in [-0.2, 0) is 16.4 Å². The molecule has 3 aromatic rings. The maximum absolute atomic E-state index is 12.8. The fraction of sp³-hybridized carbons (Fsp3) is 0.333. The van der Waals surface area contributed by atoms with Crippen LogP contribution in [0.1, 0.15) is 22.6 Å². The number of halogens is 1. The number of hydrogen-bond donors (Lipinski definition) is 0. The standard InChI is InChI=1S/C21H23ClN6O3S/c1-32(30,31)19-8-6-18(7-9-19)28-20(23-24-25-28)15-26-10-3-11-27(13-12-26)21(29)16-4-2-5-17(22)14-16/h2,4-9,14H,3,10-13,15H2,1H3. The van der Waals surface area contributed by atoms with Crippen molar-refractivity contribution in [3.05, 3.63) is 64.9 Å². The highest BCUT2D eigenvalue weighted by Gasteiger charge is 2.22. The van der Waals surface area contributed by atoms with Crippen molar-refractivity contribution < 1.29 is 13.2 Å². The van der Waals surface area contributed by atoms with Gasteiger partial charge in [0.1, 0.15) is 0 Å². The number of carbonyl (C=O) groups is 1. The van der Waals surface area contributed by atoms with E-state index in [1.165, 1.54) is 6.26 Å². The van der Waals surface area contributed by atoms with Crippen molar-refractivity contribution in [1.29, 1.82) is 0 Å². The highest BCUT2D eigenvalue weighted by atomic mass is 35.5. The van der Waals surface area contributed by atoms with E-state index in [2.05, 4.69) is 20.4 Å². The zero-order valence-electron chi connectivity index (χ0n) is 17.6. The van der Waals surface area contributed by atoms with E-state index in [1.807, 2.05) is 4.90 Å². The molecule has 0 bridgehead atoms. The summed E-state index contributed by atoms with van der Waals surface area (Å²) in [4.78, 5) is 17.1. The molecule has 168 valence electrons. The molecule has 9 nitrogen and oxygen atoms in total. The maximum Gasteiger partial charge on any atom is 0.253 e. The number of hydrogen-bond acceptors (Lipinski definition) is 7. The van der Waals surface area contributed by atoms with Gasteiger partial charge in [-0.1, -0.05) is 17.7 Å². The van der Waals surface area contributed by atoms with Crippen LogP contribution < -0.4 is 0 Å². The third kappa shape index (κ3) is 5.14. The first kappa shape index (κ1) is 22.4. The second kappa shape index (κ2) is 9.35. The summed E-state index contributed by atoms with van der Waals surface area (Å²) in [6, 6.07) is 13.5. The van der Waals surface area contributed by atoms with Crippen molar-refractivity contribution in [2.24, 2.45) is 0 Å². The lowest BCUT2D eigenvalue weighted by atomic mass is 10.2. The molecule has 0 N–H and O–H groups in total. The molecule has 0 unspecified atom stereocenters. The van der Waals surface area contributed by atoms with Gasteiger partial charge in [0.05, 0.1) is 17.1 Å². The van der Waals surface area contributed by atoms with Gasteiger partial charge < -0.3 is 4.90 Å². The van der Waals surface area contributed by atoms with Gasteiger partial charge in [-0.25, -0.2) is 8.42 Å². The average Bonchev–Trinajstić information content (AvgIpc) is 3.10. The number of aromatic nitrogens is 4. The van der Waals surface area contributed by atoms with Gasteiger partial charge in [-0.3, -0.25) is 9.69 Å². The van der Waals surface area contributed by atoms with Crippen molar-refractivity contribution >= 4 is 27.3 Å². The number of tetrazole rings is 1. The van der Waals surface area contributed by atoms with Crippen LogP contribution in [0.25, 0.3) is 5.69 Å². The Labute approximate surface area is 191 Å². The number of sulfone groups is 1. The van der Waals surface area contributed by atoms with E-state index in [0.29, 0.717) is 48.3 Å². The molecule has 1 aliphatic rings. The Morgan fingerprint density at radius 1 is 1.06 bits per heavy atom. The summed E-state index contributed by atoms with van der Waals surface area (Å²) in [7, 11) is -3.27. The molecule has 0 saturated carbocycles. The molecule has 1 saturated heterocycles. The third-order valence-electron chi connectivity index (χ3n) is 5.36. The fourth-order valence-corrected chi connectivity index (χ4v) is 4.50. The van der Waals surface area contributed by atoms with E-state index in [0.717, 1.165) is 13.0 Å². The summed E-state index contributed by atoms with van der Waals surface area (Å²) in [6.07, 6.45) is 2.00.